The molecule has 0 aliphatic carbocycles. The van der Waals surface area contributed by atoms with Crippen molar-refractivity contribution in [2.45, 2.75) is 31.7 Å². The van der Waals surface area contributed by atoms with Crippen molar-refractivity contribution in [2.24, 2.45) is 0 Å². The van der Waals surface area contributed by atoms with Gasteiger partial charge in [0.25, 0.3) is 5.89 Å². The number of aromatic nitrogens is 3. The third-order valence-corrected chi connectivity index (χ3v) is 5.18. The fourth-order valence-corrected chi connectivity index (χ4v) is 4.01. The smallest absolute Gasteiger partial charge is 0.258 e. The molecule has 0 bridgehead atoms. The molecule has 1 aliphatic rings. The Balaban J connectivity index is 1.64. The zero-order valence-electron chi connectivity index (χ0n) is 12.3. The summed E-state index contributed by atoms with van der Waals surface area (Å²) < 4.78 is 30.2. The van der Waals surface area contributed by atoms with E-state index < -0.39 is 10.0 Å². The highest BCUT2D eigenvalue weighted by atomic mass is 32.2. The molecule has 7 nitrogen and oxygen atoms in total. The van der Waals surface area contributed by atoms with E-state index in [1.54, 1.807) is 28.8 Å². The van der Waals surface area contributed by atoms with Gasteiger partial charge in [-0.3, -0.25) is 4.98 Å². The number of nitrogens with zero attached hydrogens (tertiary/aromatic N) is 4. The maximum absolute atomic E-state index is 11.7. The van der Waals surface area contributed by atoms with E-state index in [-0.39, 0.29) is 6.04 Å². The van der Waals surface area contributed by atoms with Crippen LogP contribution >= 0.6 is 0 Å². The van der Waals surface area contributed by atoms with Gasteiger partial charge in [0.05, 0.1) is 6.26 Å². The van der Waals surface area contributed by atoms with Crippen molar-refractivity contribution in [1.29, 1.82) is 0 Å². The molecule has 0 aromatic carbocycles. The summed E-state index contributed by atoms with van der Waals surface area (Å²) in [5.41, 5.74) is 0.826. The third-order valence-electron chi connectivity index (χ3n) is 3.85. The van der Waals surface area contributed by atoms with Crippen LogP contribution in [0.3, 0.4) is 0 Å². The Labute approximate surface area is 129 Å². The van der Waals surface area contributed by atoms with Gasteiger partial charge in [-0.2, -0.15) is 9.29 Å². The second kappa shape index (κ2) is 6.13. The summed E-state index contributed by atoms with van der Waals surface area (Å²) in [4.78, 5) is 8.30. The third kappa shape index (κ3) is 3.33. The number of hydrogen-bond donors (Lipinski definition) is 0. The van der Waals surface area contributed by atoms with Gasteiger partial charge in [-0.1, -0.05) is 5.16 Å². The fraction of sp³-hybridized carbons (Fsp3) is 0.500. The van der Waals surface area contributed by atoms with E-state index in [9.17, 15) is 8.42 Å². The Kier molecular flexibility index (Phi) is 4.21. The van der Waals surface area contributed by atoms with Crippen LogP contribution < -0.4 is 0 Å². The quantitative estimate of drug-likeness (QED) is 0.828. The van der Waals surface area contributed by atoms with Gasteiger partial charge in [0.15, 0.2) is 5.82 Å². The van der Waals surface area contributed by atoms with Crippen LogP contribution in [-0.4, -0.2) is 46.7 Å². The summed E-state index contributed by atoms with van der Waals surface area (Å²) in [5, 5.41) is 3.97. The summed E-state index contributed by atoms with van der Waals surface area (Å²) in [6.07, 6.45) is 7.71. The standard InChI is InChI=1S/C14H18N4O3S/c1-22(19,20)18-10-2-3-12(18)4-5-13-16-14(21-17-13)11-6-8-15-9-7-11/h6-9,12H,2-5,10H2,1H3. The monoisotopic (exact) mass is 322 g/mol. The first-order valence-electron chi connectivity index (χ1n) is 7.24. The molecule has 3 rings (SSSR count). The van der Waals surface area contributed by atoms with E-state index in [2.05, 4.69) is 15.1 Å². The first kappa shape index (κ1) is 15.1. The van der Waals surface area contributed by atoms with Crippen LogP contribution in [0, 0.1) is 0 Å². The van der Waals surface area contributed by atoms with Crippen molar-refractivity contribution in [1.82, 2.24) is 19.4 Å². The maximum Gasteiger partial charge on any atom is 0.258 e. The highest BCUT2D eigenvalue weighted by molar-refractivity contribution is 7.88. The van der Waals surface area contributed by atoms with Crippen LogP contribution in [0.15, 0.2) is 29.0 Å². The van der Waals surface area contributed by atoms with Crippen molar-refractivity contribution in [3.8, 4) is 11.5 Å². The first-order chi connectivity index (χ1) is 10.5. The second-order valence-corrected chi connectivity index (χ2v) is 7.40. The number of sulfonamides is 1. The van der Waals surface area contributed by atoms with Gasteiger partial charge >= 0.3 is 0 Å². The van der Waals surface area contributed by atoms with Crippen LogP contribution in [-0.2, 0) is 16.4 Å². The van der Waals surface area contributed by atoms with Crippen LogP contribution in [0.5, 0.6) is 0 Å². The van der Waals surface area contributed by atoms with Crippen molar-refractivity contribution >= 4 is 10.0 Å². The molecule has 2 aromatic rings. The SMILES string of the molecule is CS(=O)(=O)N1CCCC1CCc1noc(-c2ccncc2)n1. The van der Waals surface area contributed by atoms with E-state index >= 15 is 0 Å². The predicted molar refractivity (Wildman–Crippen MR) is 80.4 cm³/mol. The van der Waals surface area contributed by atoms with Gasteiger partial charge in [0, 0.05) is 37.0 Å². The minimum absolute atomic E-state index is 0.0397. The van der Waals surface area contributed by atoms with Gasteiger partial charge in [-0.15, -0.1) is 0 Å². The number of rotatable bonds is 5. The molecule has 22 heavy (non-hydrogen) atoms. The van der Waals surface area contributed by atoms with Crippen LogP contribution in [0.1, 0.15) is 25.1 Å². The minimum atomic E-state index is -3.13. The van der Waals surface area contributed by atoms with Gasteiger partial charge < -0.3 is 4.52 Å². The highest BCUT2D eigenvalue weighted by Crippen LogP contribution is 2.24. The molecule has 0 N–H and O–H groups in total. The molecule has 1 saturated heterocycles. The summed E-state index contributed by atoms with van der Waals surface area (Å²) in [6.45, 7) is 0.609. The average molecular weight is 322 g/mol. The molecule has 0 amide bonds. The molecule has 1 aliphatic heterocycles. The van der Waals surface area contributed by atoms with E-state index in [1.165, 1.54) is 6.26 Å². The Morgan fingerprint density at radius 3 is 2.86 bits per heavy atom. The second-order valence-electron chi connectivity index (χ2n) is 5.46. The van der Waals surface area contributed by atoms with E-state index in [1.807, 2.05) is 0 Å². The molecular formula is C14H18N4O3S. The van der Waals surface area contributed by atoms with Crippen molar-refractivity contribution in [3.05, 3.63) is 30.4 Å². The number of aryl methyl sites for hydroxylation is 1. The highest BCUT2D eigenvalue weighted by Gasteiger charge is 2.31. The Hall–Kier alpha value is -1.80. The molecule has 2 aromatic heterocycles. The summed E-state index contributed by atoms with van der Waals surface area (Å²) in [5.74, 6) is 1.07. The van der Waals surface area contributed by atoms with Crippen LogP contribution in [0.25, 0.3) is 11.5 Å². The van der Waals surface area contributed by atoms with Crippen molar-refractivity contribution < 1.29 is 12.9 Å². The molecule has 118 valence electrons. The lowest BCUT2D eigenvalue weighted by molar-refractivity contribution is 0.367. The van der Waals surface area contributed by atoms with E-state index in [0.29, 0.717) is 31.1 Å². The van der Waals surface area contributed by atoms with Crippen LogP contribution in [0.4, 0.5) is 0 Å². The molecule has 0 saturated carbocycles. The molecule has 1 atom stereocenters. The van der Waals surface area contributed by atoms with E-state index in [0.717, 1.165) is 18.4 Å². The van der Waals surface area contributed by atoms with Gasteiger partial charge in [0.1, 0.15) is 0 Å². The molecule has 1 fully saturated rings. The molecular weight excluding hydrogens is 304 g/mol. The van der Waals surface area contributed by atoms with E-state index in [4.69, 9.17) is 4.52 Å². The summed E-state index contributed by atoms with van der Waals surface area (Å²) in [6, 6.07) is 3.65. The molecule has 0 spiro atoms. The zero-order valence-corrected chi connectivity index (χ0v) is 13.2. The predicted octanol–water partition coefficient (Wildman–Crippen LogP) is 1.49. The van der Waals surface area contributed by atoms with Gasteiger partial charge in [0.2, 0.25) is 10.0 Å². The molecule has 8 heteroatoms. The van der Waals surface area contributed by atoms with Crippen molar-refractivity contribution in [2.75, 3.05) is 12.8 Å². The maximum atomic E-state index is 11.7. The minimum Gasteiger partial charge on any atom is -0.334 e. The molecule has 1 unspecified atom stereocenters. The molecule has 3 heterocycles. The Bertz CT molecular complexity index is 730. The average Bonchev–Trinajstić information content (AvgIpc) is 3.15. The lowest BCUT2D eigenvalue weighted by atomic mass is 10.1. The number of hydrogen-bond acceptors (Lipinski definition) is 6. The van der Waals surface area contributed by atoms with Crippen molar-refractivity contribution in [3.63, 3.8) is 0 Å². The van der Waals surface area contributed by atoms with Crippen LogP contribution in [0.2, 0.25) is 0 Å². The number of pyridine rings is 1. The summed E-state index contributed by atoms with van der Waals surface area (Å²) >= 11 is 0. The summed E-state index contributed by atoms with van der Waals surface area (Å²) in [7, 11) is -3.13. The Morgan fingerprint density at radius 2 is 2.14 bits per heavy atom. The lowest BCUT2D eigenvalue weighted by Gasteiger charge is -2.21. The van der Waals surface area contributed by atoms with Gasteiger partial charge in [-0.25, -0.2) is 8.42 Å². The zero-order chi connectivity index (χ0) is 15.6. The Morgan fingerprint density at radius 1 is 1.36 bits per heavy atom. The largest absolute Gasteiger partial charge is 0.334 e. The molecule has 0 radical (unpaired) electrons. The fourth-order valence-electron chi connectivity index (χ4n) is 2.80. The normalized spacial score (nSPS) is 19.6. The van der Waals surface area contributed by atoms with Gasteiger partial charge in [-0.05, 0) is 31.4 Å². The lowest BCUT2D eigenvalue weighted by Crippen LogP contribution is -2.34. The first-order valence-corrected chi connectivity index (χ1v) is 9.08. The topological polar surface area (TPSA) is 89.2 Å².